The van der Waals surface area contributed by atoms with Crippen LogP contribution in [0.3, 0.4) is 0 Å². The van der Waals surface area contributed by atoms with Crippen molar-refractivity contribution < 1.29 is 0 Å². The first-order valence-electron chi connectivity index (χ1n) is 0.626. The molecule has 0 aliphatic heterocycles. The lowest BCUT2D eigenvalue weighted by Crippen LogP contribution is -0.926. The Morgan fingerprint density at radius 1 is 1.60 bits per heavy atom. The molecule has 0 aliphatic rings. The fraction of sp³-hybridized carbons (Fsp3) is 0.333. The van der Waals surface area contributed by atoms with Gasteiger partial charge in [-0.25, -0.2) is 0 Å². The van der Waals surface area contributed by atoms with Gasteiger partial charge in [-0.05, 0) is 5.54 Å². The molecule has 0 rings (SSSR count). The monoisotopic (exact) mass is 108 g/mol. The Morgan fingerprint density at radius 2 is 1.60 bits per heavy atom. The minimum absolute atomic E-state index is 0. The van der Waals surface area contributed by atoms with Gasteiger partial charge in [0, 0.05) is 0 Å². The van der Waals surface area contributed by atoms with E-state index in [0.29, 0.717) is 0 Å². The third-order valence-electron chi connectivity index (χ3n) is 0. The molecule has 0 aromatic rings. The van der Waals surface area contributed by atoms with E-state index in [9.17, 15) is 0 Å². The van der Waals surface area contributed by atoms with Crippen LogP contribution in [0.1, 0.15) is 7.43 Å². The Bertz CT molecular complexity index is 14.4. The molecule has 0 aliphatic carbocycles. The predicted octanol–water partition coefficient (Wildman–Crippen LogP) is 0.821. The van der Waals surface area contributed by atoms with E-state index >= 15 is 0 Å². The maximum atomic E-state index is 4.76. The predicted molar refractivity (Wildman–Crippen MR) is 32.7 cm³/mol. The number of rotatable bonds is 0. The van der Waals surface area contributed by atoms with Crippen LogP contribution in [0.2, 0.25) is 0 Å². The van der Waals surface area contributed by atoms with Crippen molar-refractivity contribution in [1.29, 1.82) is 0 Å². The van der Waals surface area contributed by atoms with Gasteiger partial charge >= 0.3 is 0 Å². The van der Waals surface area contributed by atoms with Gasteiger partial charge in [0.2, 0.25) is 0 Å². The Morgan fingerprint density at radius 3 is 1.60 bits per heavy atom. The van der Waals surface area contributed by atoms with Crippen LogP contribution < -0.4 is 0 Å². The second-order valence-electron chi connectivity index (χ2n) is 0.154. The molecule has 0 amide bonds. The van der Waals surface area contributed by atoms with Crippen molar-refractivity contribution in [1.82, 2.24) is 0 Å². The molecule has 0 N–H and O–H groups in total. The second kappa shape index (κ2) is 23.7. The van der Waals surface area contributed by atoms with E-state index in [4.69, 9.17) is 11.6 Å². The number of hydrogen-bond acceptors (Lipinski definition) is 0. The van der Waals surface area contributed by atoms with Crippen LogP contribution in [0.25, 0.3) is 0 Å². The van der Waals surface area contributed by atoms with Crippen LogP contribution in [0.5, 0.6) is 0 Å². The fourth-order valence-corrected chi connectivity index (χ4v) is 0. The first kappa shape index (κ1) is 17.6. The van der Waals surface area contributed by atoms with Crippen molar-refractivity contribution in [3.8, 4) is 0 Å². The van der Waals surface area contributed by atoms with Crippen LogP contribution >= 0.6 is 11.6 Å². The average molecular weight is 109 g/mol. The molecule has 0 aromatic heterocycles. The van der Waals surface area contributed by atoms with Gasteiger partial charge < -0.3 is 0 Å². The second-order valence-corrected chi connectivity index (χ2v) is 0.463. The zero-order valence-corrected chi connectivity index (χ0v) is 2.42. The van der Waals surface area contributed by atoms with Crippen LogP contribution in [0.15, 0.2) is 12.1 Å². The van der Waals surface area contributed by atoms with E-state index in [-0.39, 0.29) is 24.8 Å². The molecule has 0 spiro atoms. The molecule has 32 valence electrons. The molecule has 0 bridgehead atoms. The highest BCUT2D eigenvalue weighted by molar-refractivity contribution is 6.25. The smallest absolute Gasteiger partial charge is 0.0936 e. The van der Waals surface area contributed by atoms with Gasteiger partial charge in [-0.15, -0.1) is 0 Å². The number of halogens is 1. The molecular formula is C3H10AlCl. The van der Waals surface area contributed by atoms with Gasteiger partial charge in [0.15, 0.2) is 17.4 Å². The van der Waals surface area contributed by atoms with Gasteiger partial charge in [0.25, 0.3) is 0 Å². The van der Waals surface area contributed by atoms with Crippen LogP contribution in [-0.4, -0.2) is 17.4 Å². The van der Waals surface area contributed by atoms with Crippen LogP contribution in [0, 0.1) is 0 Å². The largest absolute Gasteiger partial charge is 0.187 e. The SMILES string of the molecule is C.C=CCl.[AlH3]. The Hall–Kier alpha value is 0.562. The zero-order chi connectivity index (χ0) is 2.71. The summed E-state index contributed by atoms with van der Waals surface area (Å²) in [6.45, 7) is 3.13. The van der Waals surface area contributed by atoms with Crippen molar-refractivity contribution >= 4 is 29.0 Å². The maximum Gasteiger partial charge on any atom is 0.187 e. The summed E-state index contributed by atoms with van der Waals surface area (Å²) in [7, 11) is 0. The third kappa shape index (κ3) is 94.7. The molecule has 0 saturated carbocycles. The molecule has 5 heavy (non-hydrogen) atoms. The first-order chi connectivity index (χ1) is 1.41. The van der Waals surface area contributed by atoms with Crippen molar-refractivity contribution in [3.63, 3.8) is 0 Å². The first-order valence-corrected chi connectivity index (χ1v) is 1.06. The van der Waals surface area contributed by atoms with E-state index in [0.717, 1.165) is 0 Å². The molecule has 0 aromatic carbocycles. The van der Waals surface area contributed by atoms with Gasteiger partial charge in [0.1, 0.15) is 0 Å². The lowest BCUT2D eigenvalue weighted by Gasteiger charge is -1.27. The summed E-state index contributed by atoms with van der Waals surface area (Å²) in [5.41, 5.74) is 1.22. The highest BCUT2D eigenvalue weighted by atomic mass is 35.5. The number of hydrogen-bond donors (Lipinski definition) is 0. The fourth-order valence-electron chi connectivity index (χ4n) is 0. The van der Waals surface area contributed by atoms with Crippen molar-refractivity contribution in [2.24, 2.45) is 0 Å². The molecule has 0 radical (unpaired) electrons. The highest BCUT2D eigenvalue weighted by Gasteiger charge is 1.18. The Labute approximate surface area is 49.0 Å². The van der Waals surface area contributed by atoms with E-state index in [1.165, 1.54) is 5.54 Å². The summed E-state index contributed by atoms with van der Waals surface area (Å²) in [6, 6.07) is 0. The molecule has 0 saturated heterocycles. The Balaban J connectivity index is -0.0000000200. The highest BCUT2D eigenvalue weighted by Crippen LogP contribution is 1.60. The molecule has 0 heterocycles. The Kier molecular flexibility index (Phi) is 83.6. The molecule has 0 nitrogen and oxygen atoms in total. The van der Waals surface area contributed by atoms with Crippen molar-refractivity contribution in [2.75, 3.05) is 0 Å². The van der Waals surface area contributed by atoms with Gasteiger partial charge in [-0.2, -0.15) is 0 Å². The summed E-state index contributed by atoms with van der Waals surface area (Å²) in [4.78, 5) is 0. The van der Waals surface area contributed by atoms with Crippen LogP contribution in [0.4, 0.5) is 0 Å². The minimum Gasteiger partial charge on any atom is -0.0936 e. The lowest BCUT2D eigenvalue weighted by atomic mass is 11.3. The van der Waals surface area contributed by atoms with Gasteiger partial charge in [0.05, 0.1) is 0 Å². The molecule has 0 fully saturated rings. The third-order valence-corrected chi connectivity index (χ3v) is 0. The molecule has 0 atom stereocenters. The van der Waals surface area contributed by atoms with Gasteiger partial charge in [-0.3, -0.25) is 0 Å². The van der Waals surface area contributed by atoms with E-state index in [2.05, 4.69) is 6.58 Å². The van der Waals surface area contributed by atoms with Crippen molar-refractivity contribution in [2.45, 2.75) is 7.43 Å². The standard InChI is InChI=1S/C2H3Cl.CH4.Al.3H/c1-2-3;;;;;/h2H,1H2;1H4;;;;. The average Bonchev–Trinajstić information content (AvgIpc) is 0.918. The van der Waals surface area contributed by atoms with E-state index in [1.807, 2.05) is 0 Å². The van der Waals surface area contributed by atoms with E-state index < -0.39 is 0 Å². The topological polar surface area (TPSA) is 0 Å². The minimum atomic E-state index is 0. The quantitative estimate of drug-likeness (QED) is 0.403. The molecule has 0 unspecified atom stereocenters. The zero-order valence-electron chi connectivity index (χ0n) is 1.66. The summed E-state index contributed by atoms with van der Waals surface area (Å²) in [5, 5.41) is 0. The maximum absolute atomic E-state index is 4.76. The van der Waals surface area contributed by atoms with Gasteiger partial charge in [-0.1, -0.05) is 25.6 Å². The van der Waals surface area contributed by atoms with E-state index in [1.54, 1.807) is 0 Å². The summed E-state index contributed by atoms with van der Waals surface area (Å²) in [6.07, 6.45) is 0. The van der Waals surface area contributed by atoms with Crippen LogP contribution in [-0.2, 0) is 0 Å². The summed E-state index contributed by atoms with van der Waals surface area (Å²) >= 11 is 4.76. The normalized spacial score (nSPS) is 2.60. The van der Waals surface area contributed by atoms with Crippen molar-refractivity contribution in [3.05, 3.63) is 12.1 Å². The molecule has 2 heteroatoms. The lowest BCUT2D eigenvalue weighted by molar-refractivity contribution is 2.50. The summed E-state index contributed by atoms with van der Waals surface area (Å²) in [5.74, 6) is 0. The summed E-state index contributed by atoms with van der Waals surface area (Å²) < 4.78 is 0. The molecular weight excluding hydrogens is 98.5 g/mol.